The van der Waals surface area contributed by atoms with Gasteiger partial charge in [-0.05, 0) is 30.2 Å². The van der Waals surface area contributed by atoms with Gasteiger partial charge in [0.25, 0.3) is 5.91 Å². The fraction of sp³-hybridized carbons (Fsp3) is 0.421. The van der Waals surface area contributed by atoms with Gasteiger partial charge in [-0.3, -0.25) is 14.7 Å². The van der Waals surface area contributed by atoms with Gasteiger partial charge in [0.15, 0.2) is 0 Å². The number of nitrogens with zero attached hydrogens (tertiary/aromatic N) is 3. The molecule has 0 aliphatic carbocycles. The molecule has 1 aromatic carbocycles. The number of H-pyrrole nitrogens is 1. The summed E-state index contributed by atoms with van der Waals surface area (Å²) in [5.41, 5.74) is 2.50. The zero-order chi connectivity index (χ0) is 17.8. The van der Waals surface area contributed by atoms with E-state index in [0.717, 1.165) is 30.5 Å². The van der Waals surface area contributed by atoms with Crippen LogP contribution in [0.5, 0.6) is 0 Å². The smallest absolute Gasteiger partial charge is 0.254 e. The van der Waals surface area contributed by atoms with E-state index in [1.807, 2.05) is 37.4 Å². The Bertz CT molecular complexity index is 724. The van der Waals surface area contributed by atoms with Crippen molar-refractivity contribution in [3.63, 3.8) is 0 Å². The lowest BCUT2D eigenvalue weighted by atomic mass is 10.0. The number of hydrogen-bond acceptors (Lipinski definition) is 3. The summed E-state index contributed by atoms with van der Waals surface area (Å²) < 4.78 is 0. The average Bonchev–Trinajstić information content (AvgIpc) is 3.17. The number of amides is 2. The van der Waals surface area contributed by atoms with Gasteiger partial charge in [0, 0.05) is 31.9 Å². The zero-order valence-corrected chi connectivity index (χ0v) is 14.7. The molecule has 1 fully saturated rings. The SMILES string of the molecule is CCCCC1C(=O)N(C)CCN1C(=O)c1ccc(-c2ccn[nH]2)cc1. The molecule has 3 rings (SSSR count). The summed E-state index contributed by atoms with van der Waals surface area (Å²) in [7, 11) is 1.81. The molecule has 1 aliphatic heterocycles. The molecule has 6 nitrogen and oxygen atoms in total. The van der Waals surface area contributed by atoms with Crippen LogP contribution in [0.2, 0.25) is 0 Å². The summed E-state index contributed by atoms with van der Waals surface area (Å²) >= 11 is 0. The first kappa shape index (κ1) is 17.2. The number of likely N-dealkylation sites (N-methyl/N-ethyl adjacent to an activating group) is 1. The summed E-state index contributed by atoms with van der Waals surface area (Å²) in [6.45, 7) is 3.26. The monoisotopic (exact) mass is 340 g/mol. The van der Waals surface area contributed by atoms with Gasteiger partial charge < -0.3 is 9.80 Å². The molecule has 0 saturated carbocycles. The summed E-state index contributed by atoms with van der Waals surface area (Å²) in [5, 5.41) is 6.85. The minimum Gasteiger partial charge on any atom is -0.342 e. The maximum atomic E-state index is 13.0. The molecule has 25 heavy (non-hydrogen) atoms. The van der Waals surface area contributed by atoms with Gasteiger partial charge in [-0.1, -0.05) is 31.9 Å². The van der Waals surface area contributed by atoms with Gasteiger partial charge in [0.2, 0.25) is 5.91 Å². The second-order valence-electron chi connectivity index (χ2n) is 6.46. The first-order chi connectivity index (χ1) is 12.1. The number of rotatable bonds is 5. The van der Waals surface area contributed by atoms with Gasteiger partial charge in [0.05, 0.1) is 5.69 Å². The Balaban J connectivity index is 1.79. The van der Waals surface area contributed by atoms with Crippen LogP contribution >= 0.6 is 0 Å². The quantitative estimate of drug-likeness (QED) is 0.909. The third-order valence-corrected chi connectivity index (χ3v) is 4.75. The number of hydrogen-bond donors (Lipinski definition) is 1. The molecule has 1 aromatic heterocycles. The second kappa shape index (κ2) is 7.51. The number of carbonyl (C=O) groups excluding carboxylic acids is 2. The van der Waals surface area contributed by atoms with E-state index in [9.17, 15) is 9.59 Å². The molecule has 1 atom stereocenters. The highest BCUT2D eigenvalue weighted by molar-refractivity contribution is 5.98. The summed E-state index contributed by atoms with van der Waals surface area (Å²) in [6.07, 6.45) is 4.36. The number of benzene rings is 1. The Morgan fingerprint density at radius 3 is 2.64 bits per heavy atom. The first-order valence-electron chi connectivity index (χ1n) is 8.77. The number of carbonyl (C=O) groups is 2. The largest absolute Gasteiger partial charge is 0.342 e. The number of aromatic nitrogens is 2. The van der Waals surface area contributed by atoms with Gasteiger partial charge in [-0.25, -0.2) is 0 Å². The van der Waals surface area contributed by atoms with Gasteiger partial charge in [0.1, 0.15) is 6.04 Å². The van der Waals surface area contributed by atoms with E-state index in [4.69, 9.17) is 0 Å². The van der Waals surface area contributed by atoms with Gasteiger partial charge in [-0.15, -0.1) is 0 Å². The van der Waals surface area contributed by atoms with Crippen LogP contribution in [-0.4, -0.2) is 58.0 Å². The number of nitrogens with one attached hydrogen (secondary N) is 1. The fourth-order valence-electron chi connectivity index (χ4n) is 3.21. The molecule has 2 aromatic rings. The Kier molecular flexibility index (Phi) is 5.16. The highest BCUT2D eigenvalue weighted by Gasteiger charge is 2.35. The van der Waals surface area contributed by atoms with E-state index < -0.39 is 0 Å². The molecular formula is C19H24N4O2. The summed E-state index contributed by atoms with van der Waals surface area (Å²) in [4.78, 5) is 28.9. The van der Waals surface area contributed by atoms with Crippen molar-refractivity contribution < 1.29 is 9.59 Å². The van der Waals surface area contributed by atoms with Crippen molar-refractivity contribution in [2.75, 3.05) is 20.1 Å². The Labute approximate surface area is 147 Å². The molecule has 1 aliphatic rings. The molecular weight excluding hydrogens is 316 g/mol. The molecule has 2 amide bonds. The second-order valence-corrected chi connectivity index (χ2v) is 6.46. The lowest BCUT2D eigenvalue weighted by molar-refractivity contribution is -0.138. The van der Waals surface area contributed by atoms with E-state index in [0.29, 0.717) is 18.7 Å². The maximum Gasteiger partial charge on any atom is 0.254 e. The zero-order valence-electron chi connectivity index (χ0n) is 14.7. The van der Waals surface area contributed by atoms with Crippen LogP contribution in [0.15, 0.2) is 36.5 Å². The highest BCUT2D eigenvalue weighted by Crippen LogP contribution is 2.21. The molecule has 1 unspecified atom stereocenters. The number of piperazine rings is 1. The molecule has 1 N–H and O–H groups in total. The van der Waals surface area contributed by atoms with Crippen molar-refractivity contribution in [2.45, 2.75) is 32.2 Å². The predicted octanol–water partition coefficient (Wildman–Crippen LogP) is 2.55. The molecule has 132 valence electrons. The van der Waals surface area contributed by atoms with Crippen molar-refractivity contribution in [3.05, 3.63) is 42.1 Å². The van der Waals surface area contributed by atoms with Crippen LogP contribution in [-0.2, 0) is 4.79 Å². The Morgan fingerprint density at radius 2 is 2.00 bits per heavy atom. The van der Waals surface area contributed by atoms with Crippen molar-refractivity contribution >= 4 is 11.8 Å². The molecule has 0 bridgehead atoms. The molecule has 2 heterocycles. The van der Waals surface area contributed by atoms with E-state index >= 15 is 0 Å². The Hall–Kier alpha value is -2.63. The fourth-order valence-corrected chi connectivity index (χ4v) is 3.21. The molecule has 1 saturated heterocycles. The summed E-state index contributed by atoms with van der Waals surface area (Å²) in [5.74, 6) is -0.0270. The van der Waals surface area contributed by atoms with Crippen LogP contribution in [0.25, 0.3) is 11.3 Å². The minimum absolute atomic E-state index is 0.0436. The van der Waals surface area contributed by atoms with E-state index in [-0.39, 0.29) is 17.9 Å². The van der Waals surface area contributed by atoms with E-state index in [1.165, 1.54) is 0 Å². The van der Waals surface area contributed by atoms with E-state index in [2.05, 4.69) is 17.1 Å². The number of aromatic amines is 1. The molecule has 0 radical (unpaired) electrons. The lowest BCUT2D eigenvalue weighted by Gasteiger charge is -2.39. The highest BCUT2D eigenvalue weighted by atomic mass is 16.2. The minimum atomic E-state index is -0.349. The standard InChI is InChI=1S/C19H24N4O2/c1-3-4-5-17-19(25)22(2)12-13-23(17)18(24)15-8-6-14(7-9-15)16-10-11-20-21-16/h6-11,17H,3-5,12-13H2,1-2H3,(H,20,21). The van der Waals surface area contributed by atoms with Crippen LogP contribution in [0.4, 0.5) is 0 Å². The molecule has 6 heteroatoms. The predicted molar refractivity (Wildman–Crippen MR) is 96.0 cm³/mol. The molecule has 0 spiro atoms. The normalized spacial score (nSPS) is 17.8. The lowest BCUT2D eigenvalue weighted by Crippen LogP contribution is -2.57. The summed E-state index contributed by atoms with van der Waals surface area (Å²) in [6, 6.07) is 8.98. The van der Waals surface area contributed by atoms with Gasteiger partial charge >= 0.3 is 0 Å². The van der Waals surface area contributed by atoms with Crippen molar-refractivity contribution in [2.24, 2.45) is 0 Å². The van der Waals surface area contributed by atoms with Crippen molar-refractivity contribution in [3.8, 4) is 11.3 Å². The van der Waals surface area contributed by atoms with E-state index in [1.54, 1.807) is 16.0 Å². The van der Waals surface area contributed by atoms with Crippen molar-refractivity contribution in [1.82, 2.24) is 20.0 Å². The third kappa shape index (κ3) is 3.57. The van der Waals surface area contributed by atoms with Crippen LogP contribution in [0.3, 0.4) is 0 Å². The average molecular weight is 340 g/mol. The third-order valence-electron chi connectivity index (χ3n) is 4.75. The first-order valence-corrected chi connectivity index (χ1v) is 8.77. The topological polar surface area (TPSA) is 69.3 Å². The number of unbranched alkanes of at least 4 members (excludes halogenated alkanes) is 1. The van der Waals surface area contributed by atoms with Crippen LogP contribution < -0.4 is 0 Å². The van der Waals surface area contributed by atoms with Gasteiger partial charge in [-0.2, -0.15) is 5.10 Å². The van der Waals surface area contributed by atoms with Crippen LogP contribution in [0.1, 0.15) is 36.5 Å². The Morgan fingerprint density at radius 1 is 1.24 bits per heavy atom. The maximum absolute atomic E-state index is 13.0. The van der Waals surface area contributed by atoms with Crippen molar-refractivity contribution in [1.29, 1.82) is 0 Å². The van der Waals surface area contributed by atoms with Crippen LogP contribution in [0, 0.1) is 0 Å².